The second kappa shape index (κ2) is 5.69. The first-order valence-corrected chi connectivity index (χ1v) is 8.41. The second-order valence-electron chi connectivity index (χ2n) is 7.35. The van der Waals surface area contributed by atoms with Gasteiger partial charge in [0.2, 0.25) is 0 Å². The van der Waals surface area contributed by atoms with E-state index in [2.05, 4.69) is 48.1 Å². The molecule has 2 aromatic rings. The van der Waals surface area contributed by atoms with Crippen LogP contribution in [-0.2, 0) is 0 Å². The summed E-state index contributed by atoms with van der Waals surface area (Å²) in [6.07, 6.45) is 6.37. The minimum atomic E-state index is 0.135. The van der Waals surface area contributed by atoms with Crippen molar-refractivity contribution >= 4 is 23.2 Å². The Morgan fingerprint density at radius 1 is 1.32 bits per heavy atom. The third kappa shape index (κ3) is 2.78. The van der Waals surface area contributed by atoms with Crippen LogP contribution < -0.4 is 5.32 Å². The highest BCUT2D eigenvalue weighted by molar-refractivity contribution is 6.30. The van der Waals surface area contributed by atoms with Crippen LogP contribution in [0.4, 0.5) is 5.82 Å². The van der Waals surface area contributed by atoms with Crippen LogP contribution in [0, 0.1) is 5.41 Å². The van der Waals surface area contributed by atoms with E-state index in [0.717, 1.165) is 11.4 Å². The van der Waals surface area contributed by atoms with Gasteiger partial charge in [0.1, 0.15) is 17.3 Å². The van der Waals surface area contributed by atoms with Gasteiger partial charge in [-0.05, 0) is 31.1 Å². The van der Waals surface area contributed by atoms with Crippen LogP contribution in [-0.4, -0.2) is 25.6 Å². The standard InChI is InChI=1S/C16H24ClN5/c1-10(16(2,3)4)20-14-12(11-7-5-6-8-11)13(17)21-15-18-9-19-22(14)15/h9-11,20H,5-8H2,1-4H3. The van der Waals surface area contributed by atoms with E-state index < -0.39 is 0 Å². The van der Waals surface area contributed by atoms with Crippen molar-refractivity contribution in [1.82, 2.24) is 19.6 Å². The van der Waals surface area contributed by atoms with E-state index in [1.54, 1.807) is 4.52 Å². The van der Waals surface area contributed by atoms with Gasteiger partial charge in [0.25, 0.3) is 5.78 Å². The minimum absolute atomic E-state index is 0.135. The van der Waals surface area contributed by atoms with Gasteiger partial charge in [-0.1, -0.05) is 45.2 Å². The molecule has 0 spiro atoms. The summed E-state index contributed by atoms with van der Waals surface area (Å²) in [6, 6.07) is 0.276. The number of anilines is 1. The van der Waals surface area contributed by atoms with Crippen LogP contribution in [0.25, 0.3) is 5.78 Å². The number of hydrogen-bond donors (Lipinski definition) is 1. The van der Waals surface area contributed by atoms with Gasteiger partial charge in [0, 0.05) is 11.6 Å². The molecule has 0 saturated heterocycles. The van der Waals surface area contributed by atoms with Gasteiger partial charge in [-0.25, -0.2) is 0 Å². The second-order valence-corrected chi connectivity index (χ2v) is 7.71. The van der Waals surface area contributed by atoms with Crippen molar-refractivity contribution in [3.05, 3.63) is 17.0 Å². The molecular weight excluding hydrogens is 298 g/mol. The van der Waals surface area contributed by atoms with E-state index in [-0.39, 0.29) is 11.5 Å². The summed E-state index contributed by atoms with van der Waals surface area (Å²) in [5.41, 5.74) is 1.24. The molecule has 1 atom stereocenters. The molecule has 120 valence electrons. The fraction of sp³-hybridized carbons (Fsp3) is 0.688. The van der Waals surface area contributed by atoms with Gasteiger partial charge in [0.15, 0.2) is 0 Å². The third-order valence-electron chi connectivity index (χ3n) is 4.83. The lowest BCUT2D eigenvalue weighted by Gasteiger charge is -2.30. The molecule has 22 heavy (non-hydrogen) atoms. The fourth-order valence-corrected chi connectivity index (χ4v) is 3.29. The van der Waals surface area contributed by atoms with Gasteiger partial charge in [-0.15, -0.1) is 0 Å². The topological polar surface area (TPSA) is 55.1 Å². The first-order valence-electron chi connectivity index (χ1n) is 8.03. The molecule has 1 aliphatic rings. The molecule has 5 nitrogen and oxygen atoms in total. The molecule has 6 heteroatoms. The molecule has 2 aromatic heterocycles. The van der Waals surface area contributed by atoms with Crippen molar-refractivity contribution in [2.24, 2.45) is 5.41 Å². The van der Waals surface area contributed by atoms with Gasteiger partial charge >= 0.3 is 0 Å². The number of hydrogen-bond acceptors (Lipinski definition) is 4. The Balaban J connectivity index is 2.11. The zero-order valence-corrected chi connectivity index (χ0v) is 14.5. The smallest absolute Gasteiger partial charge is 0.255 e. The highest BCUT2D eigenvalue weighted by atomic mass is 35.5. The van der Waals surface area contributed by atoms with E-state index in [4.69, 9.17) is 11.6 Å². The van der Waals surface area contributed by atoms with Crippen LogP contribution in [0.1, 0.15) is 64.9 Å². The molecule has 0 aliphatic heterocycles. The Morgan fingerprint density at radius 3 is 2.64 bits per heavy atom. The van der Waals surface area contributed by atoms with Crippen molar-refractivity contribution in [2.75, 3.05) is 5.32 Å². The Morgan fingerprint density at radius 2 is 2.00 bits per heavy atom. The summed E-state index contributed by atoms with van der Waals surface area (Å²) >= 11 is 6.51. The number of fused-ring (bicyclic) bond motifs is 1. The maximum atomic E-state index is 6.51. The highest BCUT2D eigenvalue weighted by Gasteiger charge is 2.29. The molecule has 1 saturated carbocycles. The van der Waals surface area contributed by atoms with E-state index >= 15 is 0 Å². The Hall–Kier alpha value is -1.36. The summed E-state index contributed by atoms with van der Waals surface area (Å²) in [7, 11) is 0. The maximum Gasteiger partial charge on any atom is 0.255 e. The van der Waals surface area contributed by atoms with Gasteiger partial charge in [-0.2, -0.15) is 19.6 Å². The predicted molar refractivity (Wildman–Crippen MR) is 89.5 cm³/mol. The molecule has 1 N–H and O–H groups in total. The molecule has 0 radical (unpaired) electrons. The highest BCUT2D eigenvalue weighted by Crippen LogP contribution is 2.41. The quantitative estimate of drug-likeness (QED) is 0.857. The first kappa shape index (κ1) is 15.5. The van der Waals surface area contributed by atoms with E-state index in [1.807, 2.05) is 0 Å². The lowest BCUT2D eigenvalue weighted by Crippen LogP contribution is -2.32. The number of nitrogens with zero attached hydrogens (tertiary/aromatic N) is 4. The van der Waals surface area contributed by atoms with Crippen molar-refractivity contribution in [1.29, 1.82) is 0 Å². The number of nitrogens with one attached hydrogen (secondary N) is 1. The summed E-state index contributed by atoms with van der Waals surface area (Å²) in [5.74, 6) is 1.97. The van der Waals surface area contributed by atoms with Crippen LogP contribution >= 0.6 is 11.6 Å². The van der Waals surface area contributed by atoms with E-state index in [9.17, 15) is 0 Å². The molecule has 0 aromatic carbocycles. The molecule has 1 unspecified atom stereocenters. The summed E-state index contributed by atoms with van der Waals surface area (Å²) in [4.78, 5) is 8.62. The van der Waals surface area contributed by atoms with Crippen LogP contribution in [0.3, 0.4) is 0 Å². The molecule has 1 aliphatic carbocycles. The monoisotopic (exact) mass is 321 g/mol. The van der Waals surface area contributed by atoms with Crippen molar-refractivity contribution < 1.29 is 0 Å². The molecule has 0 amide bonds. The average Bonchev–Trinajstić information content (AvgIpc) is 3.07. The van der Waals surface area contributed by atoms with Crippen LogP contribution in [0.5, 0.6) is 0 Å². The molecule has 2 heterocycles. The number of rotatable bonds is 3. The van der Waals surface area contributed by atoms with Gasteiger partial charge < -0.3 is 5.32 Å². The fourth-order valence-electron chi connectivity index (χ4n) is 2.97. The summed E-state index contributed by atoms with van der Waals surface area (Å²) in [5, 5.41) is 8.55. The van der Waals surface area contributed by atoms with Gasteiger partial charge in [0.05, 0.1) is 0 Å². The molecule has 0 bridgehead atoms. The van der Waals surface area contributed by atoms with E-state index in [0.29, 0.717) is 16.8 Å². The summed E-state index contributed by atoms with van der Waals surface area (Å²) < 4.78 is 1.79. The Kier molecular flexibility index (Phi) is 4.02. The zero-order valence-electron chi connectivity index (χ0n) is 13.7. The summed E-state index contributed by atoms with van der Waals surface area (Å²) in [6.45, 7) is 8.86. The molecule has 3 rings (SSSR count). The van der Waals surface area contributed by atoms with Gasteiger partial charge in [-0.3, -0.25) is 0 Å². The molecular formula is C16H24ClN5. The van der Waals surface area contributed by atoms with Crippen molar-refractivity contribution in [2.45, 2.75) is 65.3 Å². The molecule has 1 fully saturated rings. The minimum Gasteiger partial charge on any atom is -0.367 e. The first-order chi connectivity index (χ1) is 10.4. The van der Waals surface area contributed by atoms with E-state index in [1.165, 1.54) is 32.0 Å². The number of aromatic nitrogens is 4. The third-order valence-corrected chi connectivity index (χ3v) is 5.12. The largest absolute Gasteiger partial charge is 0.367 e. The van der Waals surface area contributed by atoms with Crippen molar-refractivity contribution in [3.8, 4) is 0 Å². The Bertz CT molecular complexity index is 667. The predicted octanol–water partition coefficient (Wildman–Crippen LogP) is 4.28. The lowest BCUT2D eigenvalue weighted by atomic mass is 9.87. The normalized spacial score (nSPS) is 18.0. The SMILES string of the molecule is CC(Nc1c(C2CCCC2)c(Cl)nc2ncnn12)C(C)(C)C. The number of halogens is 1. The van der Waals surface area contributed by atoms with Crippen LogP contribution in [0.2, 0.25) is 5.15 Å². The lowest BCUT2D eigenvalue weighted by molar-refractivity contribution is 0.358. The van der Waals surface area contributed by atoms with Crippen LogP contribution in [0.15, 0.2) is 6.33 Å². The average molecular weight is 322 g/mol. The maximum absolute atomic E-state index is 6.51. The van der Waals surface area contributed by atoms with Crippen molar-refractivity contribution in [3.63, 3.8) is 0 Å². The zero-order chi connectivity index (χ0) is 15.9. The Labute approximate surface area is 136 Å².